The van der Waals surface area contributed by atoms with Crippen LogP contribution in [-0.2, 0) is 11.8 Å². The third-order valence-corrected chi connectivity index (χ3v) is 7.04. The van der Waals surface area contributed by atoms with Gasteiger partial charge in [-0.1, -0.05) is 29.8 Å². The summed E-state index contributed by atoms with van der Waals surface area (Å²) < 4.78 is 49.2. The van der Waals surface area contributed by atoms with Crippen molar-refractivity contribution in [3.05, 3.63) is 57.6 Å². The van der Waals surface area contributed by atoms with Gasteiger partial charge in [0.15, 0.2) is 5.60 Å². The fraction of sp³-hybridized carbons (Fsp3) is 0.423. The lowest BCUT2D eigenvalue weighted by molar-refractivity contribution is -0.260. The summed E-state index contributed by atoms with van der Waals surface area (Å²) in [4.78, 5) is 16.7. The van der Waals surface area contributed by atoms with Gasteiger partial charge in [0.1, 0.15) is 11.6 Å². The molecule has 0 radical (unpaired) electrons. The molecule has 2 heterocycles. The Bertz CT molecular complexity index is 1300. The quantitative estimate of drug-likeness (QED) is 0.345. The SMILES string of the molecule is CN(C)C(=O)c1ccc2[nH]c(NCC(O)(CC(C)(C)c3cc(Br)cc4c3OCC4)C(F)(F)F)cc2c1. The second-order valence-corrected chi connectivity index (χ2v) is 11.1. The van der Waals surface area contributed by atoms with E-state index in [-0.39, 0.29) is 5.91 Å². The average Bonchev–Trinajstić information content (AvgIpc) is 3.41. The van der Waals surface area contributed by atoms with E-state index in [1.807, 2.05) is 6.07 Å². The number of fused-ring (bicyclic) bond motifs is 2. The van der Waals surface area contributed by atoms with Crippen molar-refractivity contribution in [1.29, 1.82) is 0 Å². The number of rotatable bonds is 7. The maximum atomic E-state index is 14.2. The fourth-order valence-corrected chi connectivity index (χ4v) is 5.23. The van der Waals surface area contributed by atoms with Gasteiger partial charge in [0.2, 0.25) is 0 Å². The molecule has 0 aliphatic carbocycles. The number of H-pyrrole nitrogens is 1. The highest BCUT2D eigenvalue weighted by atomic mass is 79.9. The molecular weight excluding hydrogens is 539 g/mol. The summed E-state index contributed by atoms with van der Waals surface area (Å²) in [6.45, 7) is 3.08. The summed E-state index contributed by atoms with van der Waals surface area (Å²) in [7, 11) is 3.29. The molecule has 0 saturated carbocycles. The lowest BCUT2D eigenvalue weighted by atomic mass is 9.74. The molecule has 36 heavy (non-hydrogen) atoms. The van der Waals surface area contributed by atoms with Crippen molar-refractivity contribution in [3.63, 3.8) is 0 Å². The Morgan fingerprint density at radius 1 is 1.19 bits per heavy atom. The van der Waals surface area contributed by atoms with Gasteiger partial charge >= 0.3 is 6.18 Å². The minimum atomic E-state index is -4.88. The molecule has 0 saturated heterocycles. The van der Waals surface area contributed by atoms with Crippen LogP contribution in [0, 0.1) is 0 Å². The molecule has 1 unspecified atom stereocenters. The second-order valence-electron chi connectivity index (χ2n) is 10.2. The summed E-state index contributed by atoms with van der Waals surface area (Å²) in [5, 5.41) is 14.4. The fourth-order valence-electron chi connectivity index (χ4n) is 4.72. The first-order chi connectivity index (χ1) is 16.7. The molecule has 1 aliphatic heterocycles. The zero-order valence-electron chi connectivity index (χ0n) is 20.5. The van der Waals surface area contributed by atoms with E-state index in [9.17, 15) is 23.1 Å². The topological polar surface area (TPSA) is 77.6 Å². The Labute approximate surface area is 215 Å². The molecule has 0 bridgehead atoms. The standard InChI is InChI=1S/C26H29BrF3N3O3/c1-24(2,19-12-18(27)10-15-7-8-36-22(15)19)13-25(35,26(28,29)30)14-31-21-11-17-9-16(23(34)33(3)4)5-6-20(17)32-21/h5-6,9-12,31-32,35H,7-8,13-14H2,1-4H3. The smallest absolute Gasteiger partial charge is 0.418 e. The number of aromatic nitrogens is 1. The molecule has 4 rings (SSSR count). The number of alkyl halides is 3. The van der Waals surface area contributed by atoms with E-state index < -0.39 is 30.2 Å². The summed E-state index contributed by atoms with van der Waals surface area (Å²) in [6, 6.07) is 10.3. The third kappa shape index (κ3) is 5.06. The molecule has 6 nitrogen and oxygen atoms in total. The highest BCUT2D eigenvalue weighted by molar-refractivity contribution is 9.10. The van der Waals surface area contributed by atoms with E-state index in [2.05, 4.69) is 26.2 Å². The number of amides is 1. The van der Waals surface area contributed by atoms with Gasteiger partial charge < -0.3 is 25.0 Å². The van der Waals surface area contributed by atoms with E-state index in [1.54, 1.807) is 58.3 Å². The van der Waals surface area contributed by atoms with Crippen LogP contribution >= 0.6 is 15.9 Å². The predicted molar refractivity (Wildman–Crippen MR) is 137 cm³/mol. The van der Waals surface area contributed by atoms with Crippen molar-refractivity contribution in [2.24, 2.45) is 0 Å². The Balaban J connectivity index is 1.59. The molecule has 1 aromatic heterocycles. The van der Waals surface area contributed by atoms with Crippen LogP contribution in [0.1, 0.15) is 41.8 Å². The van der Waals surface area contributed by atoms with Crippen LogP contribution in [0.15, 0.2) is 40.9 Å². The summed E-state index contributed by atoms with van der Waals surface area (Å²) in [5.74, 6) is 0.732. The van der Waals surface area contributed by atoms with Gasteiger partial charge in [-0.25, -0.2) is 0 Å². The van der Waals surface area contributed by atoms with E-state index in [1.165, 1.54) is 4.90 Å². The first-order valence-electron chi connectivity index (χ1n) is 11.5. The maximum absolute atomic E-state index is 14.2. The summed E-state index contributed by atoms with van der Waals surface area (Å²) in [6.07, 6.45) is -4.78. The number of hydrogen-bond acceptors (Lipinski definition) is 4. The molecule has 1 atom stereocenters. The highest BCUT2D eigenvalue weighted by Crippen LogP contribution is 2.46. The van der Waals surface area contributed by atoms with Crippen LogP contribution < -0.4 is 10.1 Å². The minimum absolute atomic E-state index is 0.177. The Morgan fingerprint density at radius 3 is 2.58 bits per heavy atom. The van der Waals surface area contributed by atoms with E-state index in [0.29, 0.717) is 46.6 Å². The first-order valence-corrected chi connectivity index (χ1v) is 12.3. The van der Waals surface area contributed by atoms with Crippen LogP contribution in [0.4, 0.5) is 19.0 Å². The Morgan fingerprint density at radius 2 is 1.92 bits per heavy atom. The van der Waals surface area contributed by atoms with Crippen molar-refractivity contribution < 1.29 is 27.8 Å². The zero-order valence-corrected chi connectivity index (χ0v) is 22.1. The van der Waals surface area contributed by atoms with Crippen molar-refractivity contribution in [1.82, 2.24) is 9.88 Å². The van der Waals surface area contributed by atoms with Gasteiger partial charge in [0, 0.05) is 47.0 Å². The minimum Gasteiger partial charge on any atom is -0.493 e. The van der Waals surface area contributed by atoms with Crippen molar-refractivity contribution in [2.75, 3.05) is 32.6 Å². The number of ether oxygens (including phenoxy) is 1. The van der Waals surface area contributed by atoms with Crippen LogP contribution in [0.5, 0.6) is 5.75 Å². The number of benzene rings is 2. The number of aliphatic hydroxyl groups is 1. The molecule has 1 amide bonds. The number of nitrogens with zero attached hydrogens (tertiary/aromatic N) is 1. The Hall–Kier alpha value is -2.72. The molecular formula is C26H29BrF3N3O3. The van der Waals surface area contributed by atoms with Gasteiger partial charge in [-0.05, 0) is 53.8 Å². The molecule has 3 N–H and O–H groups in total. The molecule has 0 spiro atoms. The van der Waals surface area contributed by atoms with Crippen molar-refractivity contribution in [2.45, 2.75) is 43.9 Å². The lowest BCUT2D eigenvalue weighted by Gasteiger charge is -2.38. The number of nitrogens with one attached hydrogen (secondary N) is 2. The molecule has 3 aromatic rings. The van der Waals surface area contributed by atoms with E-state index >= 15 is 0 Å². The maximum Gasteiger partial charge on any atom is 0.418 e. The Kier molecular flexibility index (Phi) is 6.81. The molecule has 10 heteroatoms. The van der Waals surface area contributed by atoms with E-state index in [4.69, 9.17) is 4.74 Å². The van der Waals surface area contributed by atoms with Gasteiger partial charge in [-0.3, -0.25) is 4.79 Å². The molecule has 0 fully saturated rings. The predicted octanol–water partition coefficient (Wildman–Crippen LogP) is 5.64. The first kappa shape index (κ1) is 26.3. The number of carbonyl (C=O) groups excluding carboxylic acids is 1. The average molecular weight is 568 g/mol. The van der Waals surface area contributed by atoms with Gasteiger partial charge in [0.25, 0.3) is 5.91 Å². The number of carbonyl (C=O) groups is 1. The van der Waals surface area contributed by atoms with Crippen LogP contribution in [-0.4, -0.2) is 59.9 Å². The largest absolute Gasteiger partial charge is 0.493 e. The van der Waals surface area contributed by atoms with Gasteiger partial charge in [-0.2, -0.15) is 13.2 Å². The normalized spacial score (nSPS) is 15.4. The van der Waals surface area contributed by atoms with Crippen LogP contribution in [0.3, 0.4) is 0 Å². The van der Waals surface area contributed by atoms with E-state index in [0.717, 1.165) is 10.0 Å². The third-order valence-electron chi connectivity index (χ3n) is 6.58. The number of hydrogen-bond donors (Lipinski definition) is 3. The van der Waals surface area contributed by atoms with Crippen molar-refractivity contribution >= 4 is 38.6 Å². The monoisotopic (exact) mass is 567 g/mol. The number of halogens is 4. The van der Waals surface area contributed by atoms with Crippen molar-refractivity contribution in [3.8, 4) is 5.75 Å². The van der Waals surface area contributed by atoms with Gasteiger partial charge in [-0.15, -0.1) is 0 Å². The zero-order chi connectivity index (χ0) is 26.5. The second kappa shape index (κ2) is 9.30. The lowest BCUT2D eigenvalue weighted by Crippen LogP contribution is -2.53. The van der Waals surface area contributed by atoms with Gasteiger partial charge in [0.05, 0.1) is 13.2 Å². The molecule has 2 aromatic carbocycles. The van der Waals surface area contributed by atoms with Crippen LogP contribution in [0.25, 0.3) is 10.9 Å². The van der Waals surface area contributed by atoms with Crippen LogP contribution in [0.2, 0.25) is 0 Å². The molecule has 194 valence electrons. The summed E-state index contributed by atoms with van der Waals surface area (Å²) >= 11 is 3.45. The number of aromatic amines is 1. The highest BCUT2D eigenvalue weighted by Gasteiger charge is 2.56. The number of anilines is 1. The molecule has 1 aliphatic rings. The summed E-state index contributed by atoms with van der Waals surface area (Å²) in [5.41, 5.74) is -1.39.